The van der Waals surface area contributed by atoms with E-state index in [1.54, 1.807) is 0 Å². The molecule has 0 bridgehead atoms. The van der Waals surface area contributed by atoms with Gasteiger partial charge in [-0.25, -0.2) is 9.18 Å². The molecule has 0 saturated heterocycles. The minimum absolute atomic E-state index is 0.00734. The molecule has 0 fully saturated rings. The summed E-state index contributed by atoms with van der Waals surface area (Å²) >= 11 is 1.10. The summed E-state index contributed by atoms with van der Waals surface area (Å²) in [5.74, 6) is -3.08. The summed E-state index contributed by atoms with van der Waals surface area (Å²) in [5.41, 5.74) is 4.90. The number of rotatable bonds is 4. The van der Waals surface area contributed by atoms with E-state index in [9.17, 15) is 19.0 Å². The van der Waals surface area contributed by atoms with Crippen LogP contribution < -0.4 is 10.4 Å². The summed E-state index contributed by atoms with van der Waals surface area (Å²) in [6, 6.07) is 2.44. The van der Waals surface area contributed by atoms with Crippen LogP contribution in [0.1, 0.15) is 15.9 Å². The van der Waals surface area contributed by atoms with Crippen molar-refractivity contribution >= 4 is 30.8 Å². The van der Waals surface area contributed by atoms with Crippen molar-refractivity contribution in [3.05, 3.63) is 29.1 Å². The van der Waals surface area contributed by atoms with Gasteiger partial charge in [-0.1, -0.05) is 6.07 Å². The van der Waals surface area contributed by atoms with E-state index >= 15 is 0 Å². The second-order valence-corrected chi connectivity index (χ2v) is 5.47. The molecule has 0 aromatic heterocycles. The highest BCUT2D eigenvalue weighted by molar-refractivity contribution is 8.01. The molecule has 6 nitrogen and oxygen atoms in total. The van der Waals surface area contributed by atoms with Gasteiger partial charge >= 0.3 is 13.1 Å². The lowest BCUT2D eigenvalue weighted by molar-refractivity contribution is -0.115. The maximum Gasteiger partial charge on any atom is 0.536 e. The zero-order valence-electron chi connectivity index (χ0n) is 10.2. The van der Waals surface area contributed by atoms with Crippen molar-refractivity contribution in [2.24, 2.45) is 5.73 Å². The molecule has 0 saturated carbocycles. The first-order valence-corrected chi connectivity index (χ1v) is 6.74. The molecule has 1 atom stereocenters. The van der Waals surface area contributed by atoms with E-state index in [2.05, 4.69) is 0 Å². The van der Waals surface area contributed by atoms with Crippen LogP contribution in [0, 0.1) is 5.82 Å². The number of fused-ring (bicyclic) bond motifs is 1. The number of benzene rings is 1. The molecule has 1 aliphatic heterocycles. The van der Waals surface area contributed by atoms with Crippen LogP contribution in [0.25, 0.3) is 0 Å². The van der Waals surface area contributed by atoms with Gasteiger partial charge in [-0.05, 0) is 18.1 Å². The molecule has 4 N–H and O–H groups in total. The van der Waals surface area contributed by atoms with Crippen LogP contribution in [0.3, 0.4) is 0 Å². The molecule has 1 heterocycles. The SMILES string of the molecule is NC(=O)CS[C@H]1Cc2ccc(F)c(C(=O)O)c2OB1O. The van der Waals surface area contributed by atoms with Gasteiger partial charge in [0.25, 0.3) is 0 Å². The summed E-state index contributed by atoms with van der Waals surface area (Å²) in [7, 11) is -1.33. The Kier molecular flexibility index (Phi) is 4.19. The summed E-state index contributed by atoms with van der Waals surface area (Å²) in [6.07, 6.45) is 0.259. The smallest absolute Gasteiger partial charge is 0.535 e. The van der Waals surface area contributed by atoms with Crippen LogP contribution in [0.15, 0.2) is 12.1 Å². The van der Waals surface area contributed by atoms with Crippen LogP contribution in [0.4, 0.5) is 4.39 Å². The van der Waals surface area contributed by atoms with Crippen LogP contribution in [0.5, 0.6) is 5.75 Å². The van der Waals surface area contributed by atoms with E-state index in [0.717, 1.165) is 17.8 Å². The Balaban J connectivity index is 2.29. The molecule has 9 heteroatoms. The van der Waals surface area contributed by atoms with Gasteiger partial charge in [0.1, 0.15) is 17.1 Å². The number of hydrogen-bond acceptors (Lipinski definition) is 5. The quantitative estimate of drug-likeness (QED) is 0.678. The van der Waals surface area contributed by atoms with Crippen molar-refractivity contribution in [1.82, 2.24) is 0 Å². The highest BCUT2D eigenvalue weighted by atomic mass is 32.2. The Morgan fingerprint density at radius 3 is 2.85 bits per heavy atom. The third kappa shape index (κ3) is 2.88. The lowest BCUT2D eigenvalue weighted by atomic mass is 9.77. The third-order valence-electron chi connectivity index (χ3n) is 2.82. The number of carboxylic acid groups (broad SMARTS) is 1. The number of aromatic carboxylic acids is 1. The molecular weight excluding hydrogens is 288 g/mol. The lowest BCUT2D eigenvalue weighted by Crippen LogP contribution is -2.41. The molecule has 106 valence electrons. The predicted molar refractivity (Wildman–Crippen MR) is 71.1 cm³/mol. The van der Waals surface area contributed by atoms with Crippen molar-refractivity contribution in [1.29, 1.82) is 0 Å². The average Bonchev–Trinajstić information content (AvgIpc) is 2.35. The van der Waals surface area contributed by atoms with Crippen LogP contribution in [0.2, 0.25) is 0 Å². The van der Waals surface area contributed by atoms with Gasteiger partial charge in [0.2, 0.25) is 5.91 Å². The molecule has 0 radical (unpaired) electrons. The molecule has 1 aliphatic rings. The second kappa shape index (κ2) is 5.72. The van der Waals surface area contributed by atoms with Crippen molar-refractivity contribution in [2.75, 3.05) is 5.75 Å². The fraction of sp³-hybridized carbons (Fsp3) is 0.273. The van der Waals surface area contributed by atoms with Crippen molar-refractivity contribution < 1.29 is 28.8 Å². The van der Waals surface area contributed by atoms with E-state index in [0.29, 0.717) is 5.56 Å². The minimum atomic E-state index is -1.46. The number of carboxylic acids is 1. The first-order valence-electron chi connectivity index (χ1n) is 5.69. The fourth-order valence-corrected chi connectivity index (χ4v) is 2.84. The molecule has 0 unspecified atom stereocenters. The van der Waals surface area contributed by atoms with Gasteiger partial charge in [0.15, 0.2) is 0 Å². The zero-order valence-corrected chi connectivity index (χ0v) is 11.0. The molecule has 0 aliphatic carbocycles. The summed E-state index contributed by atoms with van der Waals surface area (Å²) in [4.78, 5) is 21.8. The molecular formula is C11H11BFNO5S. The number of thioether (sulfide) groups is 1. The molecule has 1 aromatic carbocycles. The van der Waals surface area contributed by atoms with Crippen molar-refractivity contribution in [3.63, 3.8) is 0 Å². The Hall–Kier alpha value is -1.74. The largest absolute Gasteiger partial charge is 0.536 e. The van der Waals surface area contributed by atoms with Crippen LogP contribution in [-0.2, 0) is 11.2 Å². The summed E-state index contributed by atoms with van der Waals surface area (Å²) in [5, 5.41) is 18.3. The molecule has 2 rings (SSSR count). The van der Waals surface area contributed by atoms with Gasteiger partial charge < -0.3 is 20.5 Å². The van der Waals surface area contributed by atoms with E-state index in [1.807, 2.05) is 0 Å². The number of amides is 1. The van der Waals surface area contributed by atoms with Gasteiger partial charge in [0.05, 0.1) is 10.9 Å². The topological polar surface area (TPSA) is 110 Å². The van der Waals surface area contributed by atoms with E-state index < -0.39 is 35.5 Å². The molecule has 20 heavy (non-hydrogen) atoms. The van der Waals surface area contributed by atoms with E-state index in [1.165, 1.54) is 6.07 Å². The zero-order chi connectivity index (χ0) is 14.9. The first kappa shape index (κ1) is 14.7. The number of halogens is 1. The van der Waals surface area contributed by atoms with Gasteiger partial charge in [-0.2, -0.15) is 0 Å². The molecule has 1 aromatic rings. The number of nitrogens with two attached hydrogens (primary N) is 1. The van der Waals surface area contributed by atoms with E-state index in [4.69, 9.17) is 15.5 Å². The lowest BCUT2D eigenvalue weighted by Gasteiger charge is -2.27. The minimum Gasteiger partial charge on any atom is -0.535 e. The van der Waals surface area contributed by atoms with E-state index in [-0.39, 0.29) is 17.9 Å². The number of primary amides is 1. The number of hydrogen-bond donors (Lipinski definition) is 3. The predicted octanol–water partition coefficient (Wildman–Crippen LogP) is 0.0656. The summed E-state index contributed by atoms with van der Waals surface area (Å²) < 4.78 is 18.6. The standard InChI is InChI=1S/C11H11BFNO5S/c13-6-2-1-5-3-7(20-4-8(14)15)12(18)19-10(5)9(6)11(16)17/h1-2,7,18H,3-4H2,(H2,14,15)(H,16,17)/t7-/m0/s1. The monoisotopic (exact) mass is 299 g/mol. The van der Waals surface area contributed by atoms with Crippen LogP contribution >= 0.6 is 11.8 Å². The Bertz CT molecular complexity index is 570. The van der Waals surface area contributed by atoms with Gasteiger partial charge in [0, 0.05) is 0 Å². The highest BCUT2D eigenvalue weighted by Crippen LogP contribution is 2.35. The highest BCUT2D eigenvalue weighted by Gasteiger charge is 2.38. The van der Waals surface area contributed by atoms with Crippen LogP contribution in [-0.4, -0.2) is 40.0 Å². The Morgan fingerprint density at radius 2 is 2.25 bits per heavy atom. The molecule has 0 spiro atoms. The van der Waals surface area contributed by atoms with Gasteiger partial charge in [-0.3, -0.25) is 4.79 Å². The first-order chi connectivity index (χ1) is 9.40. The summed E-state index contributed by atoms with van der Waals surface area (Å²) in [6.45, 7) is 0. The van der Waals surface area contributed by atoms with Gasteiger partial charge in [-0.15, -0.1) is 11.8 Å². The maximum atomic E-state index is 13.5. The van der Waals surface area contributed by atoms with Crippen molar-refractivity contribution in [3.8, 4) is 5.75 Å². The number of carbonyl (C=O) groups is 2. The number of carbonyl (C=O) groups excluding carboxylic acids is 1. The molecule has 1 amide bonds. The van der Waals surface area contributed by atoms with Crippen molar-refractivity contribution in [2.45, 2.75) is 11.6 Å². The maximum absolute atomic E-state index is 13.5. The Labute approximate surface area is 118 Å². The second-order valence-electron chi connectivity index (χ2n) is 4.24. The average molecular weight is 299 g/mol. The fourth-order valence-electron chi connectivity index (χ4n) is 1.94. The third-order valence-corrected chi connectivity index (χ3v) is 4.10. The Morgan fingerprint density at radius 1 is 1.55 bits per heavy atom. The normalized spacial score (nSPS) is 17.3.